The van der Waals surface area contributed by atoms with E-state index in [2.05, 4.69) is 15.1 Å². The number of likely N-dealkylation sites (tertiary alicyclic amines) is 2. The number of phenols is 2. The third kappa shape index (κ3) is 9.48. The molecule has 2 aromatic rings. The zero-order valence-corrected chi connectivity index (χ0v) is 26.0. The van der Waals surface area contributed by atoms with Gasteiger partial charge in [-0.05, 0) is 37.8 Å². The summed E-state index contributed by atoms with van der Waals surface area (Å²) in [6, 6.07) is 6.26. The van der Waals surface area contributed by atoms with Gasteiger partial charge in [0.2, 0.25) is 5.91 Å². The van der Waals surface area contributed by atoms with Crippen molar-refractivity contribution in [2.45, 2.75) is 56.8 Å². The van der Waals surface area contributed by atoms with Gasteiger partial charge in [0.05, 0.1) is 38.8 Å². The molecule has 7 N–H and O–H groups in total. The number of carbonyl (C=O) groups is 1. The molecule has 2 aliphatic rings. The first-order chi connectivity index (χ1) is 19.3. The van der Waals surface area contributed by atoms with Gasteiger partial charge in [-0.15, -0.1) is 0 Å². The minimum absolute atomic E-state index is 0.0128. The van der Waals surface area contributed by atoms with Gasteiger partial charge in [0.1, 0.15) is 11.5 Å². The maximum Gasteiger partial charge on any atom is 0.217 e. The zero-order chi connectivity index (χ0) is 30.4. The average molecular weight is 652 g/mol. The number of aliphatic hydroxyl groups excluding tert-OH is 2. The Kier molecular flexibility index (Phi) is 12.2. The van der Waals surface area contributed by atoms with Crippen LogP contribution in [0, 0.1) is 0 Å². The Bertz CT molecular complexity index is 1200. The summed E-state index contributed by atoms with van der Waals surface area (Å²) in [7, 11) is 0. The summed E-state index contributed by atoms with van der Waals surface area (Å²) in [6.45, 7) is 5.54. The molecular formula is C28H38Cl4N4O5. The van der Waals surface area contributed by atoms with Crippen molar-refractivity contribution < 1.29 is 25.2 Å². The number of halogens is 4. The smallest absolute Gasteiger partial charge is 0.217 e. The van der Waals surface area contributed by atoms with Crippen LogP contribution in [-0.2, 0) is 17.9 Å². The number of rotatable bonds is 7. The second-order valence-corrected chi connectivity index (χ2v) is 12.6. The summed E-state index contributed by atoms with van der Waals surface area (Å²) in [5.74, 6) is 0.140. The van der Waals surface area contributed by atoms with Crippen molar-refractivity contribution in [3.8, 4) is 11.5 Å². The molecule has 2 aromatic carbocycles. The molecule has 0 saturated carbocycles. The summed E-state index contributed by atoms with van der Waals surface area (Å²) in [6.07, 6.45) is 2.80. The largest absolute Gasteiger partial charge is 0.508 e. The summed E-state index contributed by atoms with van der Waals surface area (Å²) in [5.41, 5.74) is 6.49. The number of carbonyl (C=O) groups excluding carboxylic acids is 1. The molecule has 0 radical (unpaired) electrons. The summed E-state index contributed by atoms with van der Waals surface area (Å²) >= 11 is 23.6. The first kappa shape index (κ1) is 34.0. The lowest BCUT2D eigenvalue weighted by Crippen LogP contribution is -2.56. The third-order valence-electron chi connectivity index (χ3n) is 7.75. The number of nitrogens with zero attached hydrogens (tertiary/aromatic N) is 2. The predicted molar refractivity (Wildman–Crippen MR) is 163 cm³/mol. The van der Waals surface area contributed by atoms with Gasteiger partial charge >= 0.3 is 0 Å². The van der Waals surface area contributed by atoms with Gasteiger partial charge < -0.3 is 31.5 Å². The first-order valence-electron chi connectivity index (χ1n) is 13.4. The van der Waals surface area contributed by atoms with Gasteiger partial charge in [0.15, 0.2) is 0 Å². The fourth-order valence-electron chi connectivity index (χ4n) is 5.04. The van der Waals surface area contributed by atoms with Crippen molar-refractivity contribution in [2.24, 2.45) is 5.73 Å². The van der Waals surface area contributed by atoms with Crippen LogP contribution in [0.25, 0.3) is 0 Å². The molecule has 1 amide bonds. The topological polar surface area (TPSA) is 143 Å². The number of aromatic hydroxyl groups is 2. The van der Waals surface area contributed by atoms with Crippen LogP contribution in [0.4, 0.5) is 0 Å². The Morgan fingerprint density at radius 2 is 1.17 bits per heavy atom. The molecule has 4 rings (SSSR count). The number of hydrogen-bond acceptors (Lipinski definition) is 8. The number of nitrogens with one attached hydrogen (secondary N) is 1. The van der Waals surface area contributed by atoms with Crippen LogP contribution in [0.3, 0.4) is 0 Å². The fraction of sp³-hybridized carbons (Fsp3) is 0.536. The monoisotopic (exact) mass is 650 g/mol. The Balaban J connectivity index is 0.000000228. The molecule has 9 nitrogen and oxygen atoms in total. The highest BCUT2D eigenvalue weighted by Crippen LogP contribution is 2.33. The van der Waals surface area contributed by atoms with Crippen LogP contribution >= 0.6 is 46.4 Å². The fourth-order valence-corrected chi connectivity index (χ4v) is 5.73. The van der Waals surface area contributed by atoms with Crippen molar-refractivity contribution in [2.75, 3.05) is 39.4 Å². The van der Waals surface area contributed by atoms with Gasteiger partial charge in [-0.25, -0.2) is 0 Å². The normalized spacial score (nSPS) is 18.8. The van der Waals surface area contributed by atoms with Crippen molar-refractivity contribution in [1.29, 1.82) is 0 Å². The van der Waals surface area contributed by atoms with E-state index >= 15 is 0 Å². The van der Waals surface area contributed by atoms with Crippen molar-refractivity contribution in [1.82, 2.24) is 15.1 Å². The Hall–Kier alpha value is -1.53. The van der Waals surface area contributed by atoms with Crippen LogP contribution in [0.15, 0.2) is 24.3 Å². The van der Waals surface area contributed by atoms with Crippen LogP contribution in [-0.4, -0.2) is 86.6 Å². The molecule has 2 fully saturated rings. The van der Waals surface area contributed by atoms with E-state index in [1.165, 1.54) is 19.1 Å². The second kappa shape index (κ2) is 14.8. The number of amides is 1. The molecular weight excluding hydrogens is 614 g/mol. The number of piperidine rings is 2. The minimum atomic E-state index is -0.540. The highest BCUT2D eigenvalue weighted by molar-refractivity contribution is 6.42. The van der Waals surface area contributed by atoms with Gasteiger partial charge in [-0.2, -0.15) is 0 Å². The Morgan fingerprint density at radius 1 is 0.780 bits per heavy atom. The molecule has 0 unspecified atom stereocenters. The van der Waals surface area contributed by atoms with E-state index in [0.29, 0.717) is 64.7 Å². The van der Waals surface area contributed by atoms with E-state index in [0.717, 1.165) is 31.5 Å². The lowest BCUT2D eigenvalue weighted by molar-refractivity contribution is -0.122. The quantitative estimate of drug-likeness (QED) is 0.262. The van der Waals surface area contributed by atoms with E-state index in [4.69, 9.17) is 52.1 Å². The molecule has 0 aromatic heterocycles. The lowest BCUT2D eigenvalue weighted by Gasteiger charge is -2.41. The summed E-state index contributed by atoms with van der Waals surface area (Å²) in [5, 5.41) is 43.0. The second-order valence-electron chi connectivity index (χ2n) is 11.0. The third-order valence-corrected chi connectivity index (χ3v) is 9.20. The predicted octanol–water partition coefficient (Wildman–Crippen LogP) is 4.15. The van der Waals surface area contributed by atoms with E-state index < -0.39 is 11.1 Å². The summed E-state index contributed by atoms with van der Waals surface area (Å²) in [4.78, 5) is 15.6. The van der Waals surface area contributed by atoms with Crippen molar-refractivity contribution >= 4 is 52.3 Å². The van der Waals surface area contributed by atoms with Crippen LogP contribution < -0.4 is 11.1 Å². The number of aliphatic hydroxyl groups is 2. The Labute approximate surface area is 260 Å². The van der Waals surface area contributed by atoms with Gasteiger partial charge in [-0.1, -0.05) is 46.4 Å². The highest BCUT2D eigenvalue weighted by Gasteiger charge is 2.35. The molecule has 0 aliphatic carbocycles. The summed E-state index contributed by atoms with van der Waals surface area (Å²) < 4.78 is 0. The maximum absolute atomic E-state index is 11.3. The number of phenolic OH excluding ortho intramolecular Hbond substituents is 2. The SMILES string of the molecule is CC(=O)NC1(CO)CCN(Cc2cc(Cl)c(Cl)cc2O)CC1.NC1(CO)CCN(Cc2cc(Cl)c(Cl)cc2O)CC1. The highest BCUT2D eigenvalue weighted by atomic mass is 35.5. The van der Waals surface area contributed by atoms with Crippen LogP contribution in [0.1, 0.15) is 43.7 Å². The molecule has 2 saturated heterocycles. The van der Waals surface area contributed by atoms with Gasteiger partial charge in [0, 0.05) is 75.0 Å². The van der Waals surface area contributed by atoms with Gasteiger partial charge in [-0.3, -0.25) is 14.6 Å². The maximum atomic E-state index is 11.3. The van der Waals surface area contributed by atoms with E-state index in [1.54, 1.807) is 12.1 Å². The standard InChI is InChI=1S/C15H20Cl2N2O3.C13H18Cl2N2O2/c1-10(21)18-15(9-20)2-4-19(5-3-15)8-11-6-12(16)13(17)7-14(11)22;14-10-5-9(12(19)6-11(10)15)7-17-3-1-13(16,8-18)2-4-17/h6-7,20,22H,2-5,8-9H2,1H3,(H,18,21);5-6,18-19H,1-4,7-8,16H2. The minimum Gasteiger partial charge on any atom is -0.508 e. The molecule has 228 valence electrons. The van der Waals surface area contributed by atoms with Crippen molar-refractivity contribution in [3.63, 3.8) is 0 Å². The number of hydrogen-bond donors (Lipinski definition) is 6. The first-order valence-corrected chi connectivity index (χ1v) is 14.9. The number of benzene rings is 2. The van der Waals surface area contributed by atoms with Crippen molar-refractivity contribution in [3.05, 3.63) is 55.5 Å². The lowest BCUT2D eigenvalue weighted by atomic mass is 9.88. The van der Waals surface area contributed by atoms with Crippen LogP contribution in [0.2, 0.25) is 20.1 Å². The molecule has 0 bridgehead atoms. The Morgan fingerprint density at radius 3 is 1.54 bits per heavy atom. The zero-order valence-electron chi connectivity index (χ0n) is 23.0. The van der Waals surface area contributed by atoms with E-state index in [9.17, 15) is 25.2 Å². The molecule has 41 heavy (non-hydrogen) atoms. The number of nitrogens with two attached hydrogens (primary N) is 1. The molecule has 2 heterocycles. The van der Waals surface area contributed by atoms with E-state index in [-0.39, 0.29) is 30.6 Å². The molecule has 2 aliphatic heterocycles. The molecule has 0 atom stereocenters. The van der Waals surface area contributed by atoms with E-state index in [1.807, 2.05) is 0 Å². The molecule has 0 spiro atoms. The van der Waals surface area contributed by atoms with Crippen LogP contribution in [0.5, 0.6) is 11.5 Å². The average Bonchev–Trinajstić information content (AvgIpc) is 2.93. The van der Waals surface area contributed by atoms with Gasteiger partial charge in [0.25, 0.3) is 0 Å². The molecule has 13 heteroatoms.